The number of nitrogens with one attached hydrogen (secondary N) is 1. The summed E-state index contributed by atoms with van der Waals surface area (Å²) >= 11 is 3.02. The molecule has 3 aromatic rings. The van der Waals surface area contributed by atoms with E-state index in [1.807, 2.05) is 24.3 Å². The van der Waals surface area contributed by atoms with Crippen LogP contribution >= 0.6 is 22.7 Å². The Hall–Kier alpha value is -2.36. The van der Waals surface area contributed by atoms with Gasteiger partial charge in [-0.15, -0.1) is 29.1 Å². The first-order chi connectivity index (χ1) is 10.7. The number of carbonyl (C=O) groups excluding carboxylic acids is 2. The van der Waals surface area contributed by atoms with Gasteiger partial charge >= 0.3 is 5.97 Å². The molecule has 0 bridgehead atoms. The molecule has 6 heteroatoms. The van der Waals surface area contributed by atoms with Crippen molar-refractivity contribution in [1.29, 1.82) is 0 Å². The van der Waals surface area contributed by atoms with Gasteiger partial charge in [-0.2, -0.15) is 0 Å². The minimum absolute atomic E-state index is 0.122. The molecule has 0 radical (unpaired) electrons. The van der Waals surface area contributed by atoms with Crippen LogP contribution in [0.3, 0.4) is 0 Å². The quantitative estimate of drug-likeness (QED) is 0.591. The van der Waals surface area contributed by atoms with Gasteiger partial charge in [-0.1, -0.05) is 24.1 Å². The fourth-order valence-electron chi connectivity index (χ4n) is 2.00. The lowest BCUT2D eigenvalue weighted by Crippen LogP contribution is -2.28. The summed E-state index contributed by atoms with van der Waals surface area (Å²) in [5.41, 5.74) is 0. The van der Waals surface area contributed by atoms with Crippen LogP contribution in [0, 0.1) is 12.3 Å². The molecule has 0 aliphatic heterocycles. The van der Waals surface area contributed by atoms with Gasteiger partial charge in [0.1, 0.15) is 4.88 Å². The number of carbonyl (C=O) groups is 2. The van der Waals surface area contributed by atoms with Gasteiger partial charge in [-0.25, -0.2) is 4.79 Å². The van der Waals surface area contributed by atoms with Crippen molar-refractivity contribution in [3.05, 3.63) is 35.2 Å². The molecule has 0 atom stereocenters. The average Bonchev–Trinajstić information content (AvgIpc) is 3.08. The van der Waals surface area contributed by atoms with Crippen molar-refractivity contribution in [2.45, 2.75) is 0 Å². The van der Waals surface area contributed by atoms with Crippen LogP contribution in [-0.2, 0) is 9.53 Å². The zero-order chi connectivity index (χ0) is 15.5. The molecule has 2 aromatic heterocycles. The minimum Gasteiger partial charge on any atom is -0.451 e. The minimum atomic E-state index is -0.492. The Morgan fingerprint density at radius 2 is 2.05 bits per heavy atom. The van der Waals surface area contributed by atoms with Crippen molar-refractivity contribution < 1.29 is 14.3 Å². The van der Waals surface area contributed by atoms with Crippen molar-refractivity contribution >= 4 is 54.0 Å². The summed E-state index contributed by atoms with van der Waals surface area (Å²) in [7, 11) is 0. The summed E-state index contributed by atoms with van der Waals surface area (Å²) < 4.78 is 8.31. The maximum absolute atomic E-state index is 12.0. The number of thiophene rings is 2. The Balaban J connectivity index is 1.74. The van der Waals surface area contributed by atoms with Gasteiger partial charge in [0.25, 0.3) is 5.91 Å². The van der Waals surface area contributed by atoms with Gasteiger partial charge in [0.2, 0.25) is 0 Å². The van der Waals surface area contributed by atoms with Crippen molar-refractivity contribution in [2.75, 3.05) is 13.2 Å². The number of benzene rings is 1. The Bertz CT molecular complexity index is 901. The predicted molar refractivity (Wildman–Crippen MR) is 89.3 cm³/mol. The molecule has 0 saturated heterocycles. The van der Waals surface area contributed by atoms with Crippen molar-refractivity contribution in [2.24, 2.45) is 0 Å². The Kier molecular flexibility index (Phi) is 4.09. The lowest BCUT2D eigenvalue weighted by Gasteiger charge is -2.02. The zero-order valence-electron chi connectivity index (χ0n) is 11.4. The molecule has 0 fully saturated rings. The molecule has 0 spiro atoms. The Labute approximate surface area is 134 Å². The van der Waals surface area contributed by atoms with Crippen molar-refractivity contribution in [3.8, 4) is 12.3 Å². The van der Waals surface area contributed by atoms with E-state index in [0.717, 1.165) is 14.8 Å². The largest absolute Gasteiger partial charge is 0.451 e. The Morgan fingerprint density at radius 1 is 1.23 bits per heavy atom. The molecule has 0 aliphatic rings. The van der Waals surface area contributed by atoms with Crippen LogP contribution in [0.15, 0.2) is 30.3 Å². The van der Waals surface area contributed by atoms with Gasteiger partial charge in [0, 0.05) is 14.8 Å². The SMILES string of the molecule is C#CCNC(=O)COC(=O)c1cc2sc3ccccc3c2s1. The normalized spacial score (nSPS) is 10.5. The molecule has 110 valence electrons. The summed E-state index contributed by atoms with van der Waals surface area (Å²) in [6.07, 6.45) is 5.03. The van der Waals surface area contributed by atoms with Crippen LogP contribution in [-0.4, -0.2) is 25.0 Å². The number of esters is 1. The second-order valence-corrected chi connectivity index (χ2v) is 6.60. The summed E-state index contributed by atoms with van der Waals surface area (Å²) in [5, 5.41) is 3.58. The monoisotopic (exact) mass is 329 g/mol. The molecule has 1 amide bonds. The van der Waals surface area contributed by atoms with Gasteiger partial charge in [0.05, 0.1) is 11.2 Å². The highest BCUT2D eigenvalue weighted by atomic mass is 32.1. The first-order valence-corrected chi connectivity index (χ1v) is 8.10. The van der Waals surface area contributed by atoms with Crippen molar-refractivity contribution in [1.82, 2.24) is 5.32 Å². The predicted octanol–water partition coefficient (Wildman–Crippen LogP) is 3.02. The molecule has 3 rings (SSSR count). The number of rotatable bonds is 4. The molecule has 2 heterocycles. The Morgan fingerprint density at radius 3 is 2.86 bits per heavy atom. The highest BCUT2D eigenvalue weighted by Crippen LogP contribution is 2.39. The first kappa shape index (κ1) is 14.6. The summed E-state index contributed by atoms with van der Waals surface area (Å²) in [5.74, 6) is 1.38. The molecule has 0 aliphatic carbocycles. The molecule has 1 N–H and O–H groups in total. The van der Waals surface area contributed by atoms with Crippen LogP contribution in [0.1, 0.15) is 9.67 Å². The standard InChI is InChI=1S/C16H11NO3S2/c1-2-7-17-14(18)9-20-16(19)13-8-12-15(22-13)10-5-3-4-6-11(10)21-12/h1,3-6,8H,7,9H2,(H,17,18). The fraction of sp³-hybridized carbons (Fsp3) is 0.125. The van der Waals surface area contributed by atoms with E-state index in [4.69, 9.17) is 11.2 Å². The van der Waals surface area contributed by atoms with Crippen LogP contribution in [0.25, 0.3) is 19.5 Å². The number of hydrogen-bond acceptors (Lipinski definition) is 5. The number of hydrogen-bond donors (Lipinski definition) is 1. The van der Waals surface area contributed by atoms with E-state index in [-0.39, 0.29) is 13.2 Å². The number of ether oxygens (including phenoxy) is 1. The van der Waals surface area contributed by atoms with Gasteiger partial charge in [0.15, 0.2) is 6.61 Å². The highest BCUT2D eigenvalue weighted by Gasteiger charge is 2.16. The second-order valence-electron chi connectivity index (χ2n) is 4.46. The zero-order valence-corrected chi connectivity index (χ0v) is 13.1. The molecule has 0 saturated carbocycles. The lowest BCUT2D eigenvalue weighted by atomic mass is 10.2. The van der Waals surface area contributed by atoms with Gasteiger partial charge in [-0.3, -0.25) is 4.79 Å². The summed E-state index contributed by atoms with van der Waals surface area (Å²) in [6.45, 7) is -0.204. The molecule has 22 heavy (non-hydrogen) atoms. The molecule has 4 nitrogen and oxygen atoms in total. The molecule has 0 unspecified atom stereocenters. The summed E-state index contributed by atoms with van der Waals surface area (Å²) in [4.78, 5) is 23.9. The topological polar surface area (TPSA) is 55.4 Å². The van der Waals surface area contributed by atoms with E-state index in [1.54, 1.807) is 11.3 Å². The maximum atomic E-state index is 12.0. The first-order valence-electron chi connectivity index (χ1n) is 6.47. The lowest BCUT2D eigenvalue weighted by molar-refractivity contribution is -0.123. The van der Waals surface area contributed by atoms with E-state index in [0.29, 0.717) is 4.88 Å². The van der Waals surface area contributed by atoms with E-state index in [9.17, 15) is 9.59 Å². The van der Waals surface area contributed by atoms with Gasteiger partial charge < -0.3 is 10.1 Å². The number of terminal acetylenes is 1. The van der Waals surface area contributed by atoms with E-state index < -0.39 is 11.9 Å². The van der Waals surface area contributed by atoms with Crippen molar-refractivity contribution in [3.63, 3.8) is 0 Å². The number of fused-ring (bicyclic) bond motifs is 3. The van der Waals surface area contributed by atoms with E-state index in [1.165, 1.54) is 16.0 Å². The number of amides is 1. The van der Waals surface area contributed by atoms with Crippen LogP contribution < -0.4 is 5.32 Å². The molecule has 1 aromatic carbocycles. The third-order valence-corrected chi connectivity index (χ3v) is 5.37. The summed E-state index contributed by atoms with van der Waals surface area (Å²) in [6, 6.07) is 9.87. The van der Waals surface area contributed by atoms with Crippen LogP contribution in [0.5, 0.6) is 0 Å². The van der Waals surface area contributed by atoms with Crippen LogP contribution in [0.4, 0.5) is 0 Å². The van der Waals surface area contributed by atoms with Gasteiger partial charge in [-0.05, 0) is 12.1 Å². The average molecular weight is 329 g/mol. The molecular formula is C16H11NO3S2. The third-order valence-electron chi connectivity index (χ3n) is 2.97. The third kappa shape index (κ3) is 2.82. The highest BCUT2D eigenvalue weighted by molar-refractivity contribution is 7.33. The smallest absolute Gasteiger partial charge is 0.348 e. The fourth-order valence-corrected chi connectivity index (χ4v) is 4.42. The second kappa shape index (κ2) is 6.18. The van der Waals surface area contributed by atoms with E-state index in [2.05, 4.69) is 17.3 Å². The maximum Gasteiger partial charge on any atom is 0.348 e. The van der Waals surface area contributed by atoms with E-state index >= 15 is 0 Å². The molecular weight excluding hydrogens is 318 g/mol. The van der Waals surface area contributed by atoms with Crippen LogP contribution in [0.2, 0.25) is 0 Å².